The van der Waals surface area contributed by atoms with Crippen LogP contribution in [0.15, 0.2) is 195 Å². The van der Waals surface area contributed by atoms with Crippen molar-refractivity contribution in [2.75, 3.05) is 93.7 Å². The summed E-state index contributed by atoms with van der Waals surface area (Å²) >= 11 is 22.7. The van der Waals surface area contributed by atoms with Crippen molar-refractivity contribution in [2.24, 2.45) is 0 Å². The van der Waals surface area contributed by atoms with E-state index in [1.165, 1.54) is 0 Å². The summed E-state index contributed by atoms with van der Waals surface area (Å²) in [5.74, 6) is 0.0187. The van der Waals surface area contributed by atoms with Crippen LogP contribution in [0.5, 0.6) is 0 Å². The van der Waals surface area contributed by atoms with Crippen molar-refractivity contribution in [3.63, 3.8) is 0 Å². The van der Waals surface area contributed by atoms with Gasteiger partial charge in [0.15, 0.2) is 20.4 Å². The molecule has 6 bridgehead atoms. The quantitative estimate of drug-likeness (QED) is 0.0496. The summed E-state index contributed by atoms with van der Waals surface area (Å²) < 4.78 is 25.0. The van der Waals surface area contributed by atoms with Gasteiger partial charge in [-0.05, 0) is 240 Å². The molecular formula is C105H121N15O10S4. The number of benzene rings is 9. The number of thiocarbonyl (C=S) groups is 4. The Labute approximate surface area is 805 Å². The first-order valence-corrected chi connectivity index (χ1v) is 46.4. The summed E-state index contributed by atoms with van der Waals surface area (Å²) in [6.45, 7) is 29.7. The molecule has 3 aromatic heterocycles. The summed E-state index contributed by atoms with van der Waals surface area (Å²) in [7, 11) is 4.81. The number of amides is 6. The van der Waals surface area contributed by atoms with Crippen molar-refractivity contribution in [3.8, 4) is 67.4 Å². The van der Waals surface area contributed by atoms with Crippen LogP contribution in [0.1, 0.15) is 193 Å². The predicted molar refractivity (Wildman–Crippen MR) is 561 cm³/mol. The van der Waals surface area contributed by atoms with E-state index in [1.807, 2.05) is 228 Å². The number of anilines is 5. The maximum Gasteiger partial charge on any atom is 0.255 e. The van der Waals surface area contributed by atoms with E-state index in [1.54, 1.807) is 39.3 Å². The van der Waals surface area contributed by atoms with Crippen LogP contribution >= 0.6 is 48.9 Å². The van der Waals surface area contributed by atoms with Crippen molar-refractivity contribution in [1.29, 1.82) is 0 Å². The third-order valence-electron chi connectivity index (χ3n) is 22.3. The van der Waals surface area contributed by atoms with Gasteiger partial charge in [-0.15, -0.1) is 0 Å². The molecule has 3 aliphatic rings. The van der Waals surface area contributed by atoms with Crippen LogP contribution in [0.3, 0.4) is 0 Å². The highest BCUT2D eigenvalue weighted by atomic mass is 32.1. The molecule has 0 fully saturated rings. The Kier molecular flexibility index (Phi) is 32.8. The molecule has 0 aliphatic carbocycles. The molecule has 0 spiro atoms. The molecule has 700 valence electrons. The number of fused-ring (bicyclic) bond motifs is 15. The van der Waals surface area contributed by atoms with E-state index in [-0.39, 0.29) is 42.9 Å². The zero-order valence-electron chi connectivity index (χ0n) is 77.7. The average Bonchev–Trinajstić information content (AvgIpc) is 1.63. The fourth-order valence-corrected chi connectivity index (χ4v) is 16.6. The standard InChI is InChI=1S/C38H46N6O3S2.C34H38N6O3S2.C32H33N3O4.CH4/c1-23-12-14-24(15-13-23)33-32(35(46)39-5)29-21-28-25-18-26(34(45)44-38(2,3)4)20-27(19-25)42-36(48)40-16-10-8-6-7-9-11-17-41-37(49)43-30(28)22-31(29)47-33;1-19-8-10-20(11-9-19)29-28(31(42)35-5)25-17-24-21-14-22(30(41)40-34(2,3)4)16-23(15-21)38-32(44)36-12-6-7-13-37-33(45)39-26(24)18-27(25)43-29;1-19-9-11-21(12-10-19)29-28(31(37)33-5)25-14-24-22-7-6-8-23(13-22)30(36)35-32(3,4)18-38-17-20(2)16-34-26(24)15-27(25)39-29;/h12-15,18-22H,6-11,16-17H2,1-5H3,(H,39,46)(H,44,45)(H2,40,42,48)(H2,41,43,49);8-11,14-18H,6-7,12-13H2,1-5H3,(H,35,42)(H,40,41)(H2,36,38,44)(H2,37,39,45);6-15,34H,2,16-18H2,1,3-5H3,(H,33,37)(H,35,36);1H4. The number of carbonyl (C=O) groups excluding carboxylic acids is 6. The molecule has 15 rings (SSSR count). The highest BCUT2D eigenvalue weighted by molar-refractivity contribution is 7.81. The fourth-order valence-electron chi connectivity index (χ4n) is 15.7. The molecule has 0 radical (unpaired) electrons. The van der Waals surface area contributed by atoms with Crippen LogP contribution < -0.4 is 79.8 Å². The van der Waals surface area contributed by atoms with Gasteiger partial charge >= 0.3 is 0 Å². The lowest BCUT2D eigenvalue weighted by atomic mass is 9.96. The van der Waals surface area contributed by atoms with E-state index in [2.05, 4.69) is 86.3 Å². The molecule has 0 saturated carbocycles. The Hall–Kier alpha value is -13.3. The molecule has 0 unspecified atom stereocenters. The van der Waals surface area contributed by atoms with Gasteiger partial charge in [-0.1, -0.05) is 141 Å². The number of rotatable bonds is 8. The van der Waals surface area contributed by atoms with E-state index in [4.69, 9.17) is 66.9 Å². The molecule has 15 N–H and O–H groups in total. The Bertz CT molecular complexity index is 6460. The number of furan rings is 3. The minimum Gasteiger partial charge on any atom is -0.455 e. The Morgan fingerprint density at radius 3 is 1.11 bits per heavy atom. The van der Waals surface area contributed by atoms with Crippen molar-refractivity contribution >= 4 is 166 Å². The van der Waals surface area contributed by atoms with Crippen molar-refractivity contribution in [2.45, 2.75) is 152 Å². The van der Waals surface area contributed by atoms with Gasteiger partial charge < -0.3 is 97.7 Å². The lowest BCUT2D eigenvalue weighted by Crippen LogP contribution is -2.47. The maximum absolute atomic E-state index is 13.6. The predicted octanol–water partition coefficient (Wildman–Crippen LogP) is 20.8. The highest BCUT2D eigenvalue weighted by Gasteiger charge is 2.31. The van der Waals surface area contributed by atoms with Gasteiger partial charge in [-0.2, -0.15) is 0 Å². The van der Waals surface area contributed by atoms with Crippen LogP contribution in [0.25, 0.3) is 100 Å². The second-order valence-electron chi connectivity index (χ2n) is 36.3. The first-order valence-electron chi connectivity index (χ1n) is 44.7. The molecule has 3 aliphatic heterocycles. The SMILES string of the molecule is C.C=C1CNc2cc3oc(-c4ccc(C)cc4)c(C(=O)NC)c3cc2-c2cccc(c2)C(=O)NC(C)(C)COC1.CNC(=O)c1c(-c2ccc(C)cc2)oc2cc3c(cc12)-c1cc(cc(C(=O)NC(C)(C)C)c1)NC(=S)NCCCCCCCCNC(=S)N3.CNC(=O)c1c(-c2ccc(C)cc2)oc2cc3c(cc12)-c1cc(cc(C(=O)NC(C)(C)C)c1)NC(=S)NCCCCNC(=S)N3. The number of aryl methyl sites for hydroxylation is 3. The maximum atomic E-state index is 13.6. The van der Waals surface area contributed by atoms with E-state index in [9.17, 15) is 28.8 Å². The number of hydrogen-bond donors (Lipinski definition) is 15. The second kappa shape index (κ2) is 44.0. The van der Waals surface area contributed by atoms with Gasteiger partial charge in [0.1, 0.15) is 34.0 Å². The summed E-state index contributed by atoms with van der Waals surface area (Å²) in [5, 5.41) is 51.3. The van der Waals surface area contributed by atoms with Gasteiger partial charge in [0.25, 0.3) is 35.4 Å². The Morgan fingerprint density at radius 2 is 0.739 bits per heavy atom. The molecule has 0 saturated heterocycles. The zero-order valence-corrected chi connectivity index (χ0v) is 81.0. The first-order chi connectivity index (χ1) is 63.5. The molecule has 25 nitrogen and oxygen atoms in total. The summed E-state index contributed by atoms with van der Waals surface area (Å²) in [4.78, 5) is 80.2. The van der Waals surface area contributed by atoms with Gasteiger partial charge in [0.05, 0.1) is 46.8 Å². The fraction of sp³-hybridized carbons (Fsp3) is 0.314. The largest absolute Gasteiger partial charge is 0.455 e. The Balaban J connectivity index is 0.000000181. The van der Waals surface area contributed by atoms with Gasteiger partial charge in [0.2, 0.25) is 0 Å². The second-order valence-corrected chi connectivity index (χ2v) is 37.9. The molecule has 12 aromatic rings. The highest BCUT2D eigenvalue weighted by Crippen LogP contribution is 2.45. The molecule has 6 heterocycles. The summed E-state index contributed by atoms with van der Waals surface area (Å²) in [6.07, 6.45) is 8.32. The molecule has 29 heteroatoms. The lowest BCUT2D eigenvalue weighted by Gasteiger charge is -2.27. The van der Waals surface area contributed by atoms with Crippen LogP contribution in [0.4, 0.5) is 28.4 Å². The van der Waals surface area contributed by atoms with E-state index in [0.717, 1.165) is 137 Å². The topological polar surface area (TPSA) is 332 Å². The molecular weight excluding hydrogens is 1760 g/mol. The normalized spacial score (nSPS) is 14.7. The van der Waals surface area contributed by atoms with Crippen LogP contribution in [0.2, 0.25) is 0 Å². The minimum absolute atomic E-state index is 0. The van der Waals surface area contributed by atoms with Crippen molar-refractivity contribution in [1.82, 2.24) is 53.2 Å². The van der Waals surface area contributed by atoms with E-state index >= 15 is 0 Å². The number of nitrogens with one attached hydrogen (secondary N) is 15. The van der Waals surface area contributed by atoms with Crippen LogP contribution in [-0.4, -0.2) is 140 Å². The Morgan fingerprint density at radius 1 is 0.396 bits per heavy atom. The summed E-state index contributed by atoms with van der Waals surface area (Å²) in [6, 6.07) is 53.6. The van der Waals surface area contributed by atoms with E-state index < -0.39 is 16.6 Å². The van der Waals surface area contributed by atoms with Crippen molar-refractivity contribution in [3.05, 3.63) is 232 Å². The number of ether oxygens (including phenoxy) is 1. The molecule has 6 amide bonds. The molecule has 0 atom stereocenters. The first kappa shape index (κ1) is 99.7. The third kappa shape index (κ3) is 25.5. The molecule has 134 heavy (non-hydrogen) atoms. The van der Waals surface area contributed by atoms with Gasteiger partial charge in [-0.3, -0.25) is 28.8 Å². The smallest absolute Gasteiger partial charge is 0.255 e. The van der Waals surface area contributed by atoms with Crippen molar-refractivity contribution < 1.29 is 46.8 Å². The third-order valence-corrected chi connectivity index (χ3v) is 23.3. The van der Waals surface area contributed by atoms with E-state index in [0.29, 0.717) is 165 Å². The van der Waals surface area contributed by atoms with Gasteiger partial charge in [-0.25, -0.2) is 0 Å². The average molecular weight is 1880 g/mol. The summed E-state index contributed by atoms with van der Waals surface area (Å²) in [5.41, 5.74) is 17.4. The lowest BCUT2D eigenvalue weighted by molar-refractivity contribution is 0.0748. The van der Waals surface area contributed by atoms with Crippen LogP contribution in [0, 0.1) is 20.8 Å². The number of carbonyl (C=O) groups is 6. The monoisotopic (exact) mass is 1880 g/mol. The minimum atomic E-state index is -0.555. The zero-order chi connectivity index (χ0) is 95.2. The van der Waals surface area contributed by atoms with Gasteiger partial charge in [0, 0.05) is 166 Å². The van der Waals surface area contributed by atoms with Crippen LogP contribution in [-0.2, 0) is 4.74 Å². The number of hydrogen-bond acceptors (Lipinski definition) is 15. The molecule has 9 aromatic carbocycles.